The van der Waals surface area contributed by atoms with Crippen LogP contribution in [0.15, 0.2) is 59.8 Å². The molecule has 8 heteroatoms. The van der Waals surface area contributed by atoms with Gasteiger partial charge in [-0.15, -0.1) is 0 Å². The number of hydrogen-bond acceptors (Lipinski definition) is 6. The van der Waals surface area contributed by atoms with E-state index in [9.17, 15) is 8.78 Å². The van der Waals surface area contributed by atoms with E-state index < -0.39 is 16.5 Å². The monoisotopic (exact) mass is 444 g/mol. The molecule has 30 heavy (non-hydrogen) atoms. The molecule has 1 aromatic carbocycles. The standard InChI is InChI=1S/C22H22F2N4S2/c1-4-6-14(7-5-2)22(3)28(21-26-18-10-11-25-13-19(18)29-21)27-20(30-22)16-12-15(23)8-9-17(16)24/h4-9,12,25H,1,10-11,13H2,2-3H3/b7-5-,14-6+. The van der Waals surface area contributed by atoms with Crippen LogP contribution in [0.1, 0.15) is 30.0 Å². The predicted octanol–water partition coefficient (Wildman–Crippen LogP) is 5.39. The molecular weight excluding hydrogens is 422 g/mol. The molecule has 2 aliphatic rings. The highest BCUT2D eigenvalue weighted by Crippen LogP contribution is 2.48. The first-order chi connectivity index (χ1) is 14.5. The number of halogens is 2. The quantitative estimate of drug-likeness (QED) is 0.628. The Bertz CT molecular complexity index is 1050. The highest BCUT2D eigenvalue weighted by Gasteiger charge is 2.45. The van der Waals surface area contributed by atoms with E-state index in [4.69, 9.17) is 10.1 Å². The summed E-state index contributed by atoms with van der Waals surface area (Å²) in [6.07, 6.45) is 8.42. The van der Waals surface area contributed by atoms with Gasteiger partial charge in [0, 0.05) is 30.0 Å². The zero-order valence-corrected chi connectivity index (χ0v) is 18.4. The molecular formula is C22H22F2N4S2. The maximum absolute atomic E-state index is 14.5. The number of rotatable bonds is 5. The van der Waals surface area contributed by atoms with Gasteiger partial charge < -0.3 is 5.32 Å². The lowest BCUT2D eigenvalue weighted by Crippen LogP contribution is -2.38. The molecule has 156 valence electrons. The van der Waals surface area contributed by atoms with Gasteiger partial charge in [0.2, 0.25) is 5.13 Å². The van der Waals surface area contributed by atoms with E-state index in [0.29, 0.717) is 5.04 Å². The molecule has 0 saturated heterocycles. The van der Waals surface area contributed by atoms with Crippen molar-refractivity contribution < 1.29 is 8.78 Å². The SMILES string of the molecule is C=C/C=C(\C=C/C)C1(C)SC(c2cc(F)ccc2F)=NN1c1nc2c(s1)CNCC2. The van der Waals surface area contributed by atoms with E-state index in [1.54, 1.807) is 17.4 Å². The summed E-state index contributed by atoms with van der Waals surface area (Å²) in [5, 5.41) is 11.1. The Kier molecular flexibility index (Phi) is 5.90. The van der Waals surface area contributed by atoms with Crippen LogP contribution in [0.3, 0.4) is 0 Å². The van der Waals surface area contributed by atoms with Gasteiger partial charge in [-0.1, -0.05) is 54.0 Å². The lowest BCUT2D eigenvalue weighted by molar-refractivity contribution is 0.598. The average Bonchev–Trinajstić information content (AvgIpc) is 3.31. The fourth-order valence-electron chi connectivity index (χ4n) is 3.49. The van der Waals surface area contributed by atoms with E-state index in [1.807, 2.05) is 37.1 Å². The summed E-state index contributed by atoms with van der Waals surface area (Å²) >= 11 is 2.96. The summed E-state index contributed by atoms with van der Waals surface area (Å²) in [6.45, 7) is 9.46. The van der Waals surface area contributed by atoms with E-state index in [-0.39, 0.29) is 5.56 Å². The third kappa shape index (κ3) is 3.75. The molecule has 0 aliphatic carbocycles. The molecule has 0 amide bonds. The normalized spacial score (nSPS) is 21.8. The number of nitrogens with zero attached hydrogens (tertiary/aromatic N) is 3. The van der Waals surface area contributed by atoms with E-state index in [2.05, 4.69) is 11.9 Å². The summed E-state index contributed by atoms with van der Waals surface area (Å²) in [6, 6.07) is 3.43. The van der Waals surface area contributed by atoms with Crippen molar-refractivity contribution in [3.05, 3.63) is 82.4 Å². The van der Waals surface area contributed by atoms with Crippen molar-refractivity contribution in [2.24, 2.45) is 5.10 Å². The minimum absolute atomic E-state index is 0.148. The average molecular weight is 445 g/mol. The molecule has 2 aliphatic heterocycles. The van der Waals surface area contributed by atoms with Crippen molar-refractivity contribution in [1.29, 1.82) is 0 Å². The molecule has 3 heterocycles. The van der Waals surface area contributed by atoms with Crippen LogP contribution in [0.5, 0.6) is 0 Å². The second-order valence-electron chi connectivity index (χ2n) is 7.08. The van der Waals surface area contributed by atoms with Crippen molar-refractivity contribution in [2.75, 3.05) is 11.6 Å². The molecule has 4 rings (SSSR count). The second-order valence-corrected chi connectivity index (χ2v) is 9.52. The van der Waals surface area contributed by atoms with E-state index >= 15 is 0 Å². The van der Waals surface area contributed by atoms with Crippen molar-refractivity contribution in [3.8, 4) is 0 Å². The molecule has 4 nitrogen and oxygen atoms in total. The Morgan fingerprint density at radius 2 is 2.20 bits per heavy atom. The number of aromatic nitrogens is 1. The molecule has 1 N–H and O–H groups in total. The molecule has 0 saturated carbocycles. The van der Waals surface area contributed by atoms with E-state index in [0.717, 1.165) is 48.0 Å². The summed E-state index contributed by atoms with van der Waals surface area (Å²) in [4.78, 5) is 5.33. The van der Waals surface area contributed by atoms with Crippen LogP contribution in [0.4, 0.5) is 13.9 Å². The van der Waals surface area contributed by atoms with Crippen LogP contribution in [0, 0.1) is 11.6 Å². The Balaban J connectivity index is 1.85. The first-order valence-electron chi connectivity index (χ1n) is 9.64. The molecule has 1 atom stereocenters. The molecule has 0 bridgehead atoms. The summed E-state index contributed by atoms with van der Waals surface area (Å²) in [5.41, 5.74) is 2.16. The number of fused-ring (bicyclic) bond motifs is 1. The number of anilines is 1. The molecule has 0 radical (unpaired) electrons. The lowest BCUT2D eigenvalue weighted by atomic mass is 10.1. The third-order valence-electron chi connectivity index (χ3n) is 5.00. The lowest BCUT2D eigenvalue weighted by Gasteiger charge is -2.32. The van der Waals surface area contributed by atoms with Crippen molar-refractivity contribution >= 4 is 33.3 Å². The van der Waals surface area contributed by atoms with Crippen LogP contribution in [0.2, 0.25) is 0 Å². The summed E-state index contributed by atoms with van der Waals surface area (Å²) in [5.74, 6) is -1.00. The van der Waals surface area contributed by atoms with Gasteiger partial charge in [0.05, 0.1) is 5.69 Å². The van der Waals surface area contributed by atoms with Gasteiger partial charge in [0.25, 0.3) is 0 Å². The first kappa shape index (κ1) is 21.0. The van der Waals surface area contributed by atoms with Crippen LogP contribution in [-0.2, 0) is 13.0 Å². The van der Waals surface area contributed by atoms with Crippen LogP contribution < -0.4 is 10.3 Å². The molecule has 0 spiro atoms. The molecule has 1 unspecified atom stereocenters. The highest BCUT2D eigenvalue weighted by molar-refractivity contribution is 8.16. The number of nitrogens with one attached hydrogen (secondary N) is 1. The fraction of sp³-hybridized carbons (Fsp3) is 0.273. The smallest absolute Gasteiger partial charge is 0.208 e. The van der Waals surface area contributed by atoms with Crippen LogP contribution >= 0.6 is 23.1 Å². The number of hydrazone groups is 1. The minimum Gasteiger partial charge on any atom is -0.311 e. The Hall–Kier alpha value is -2.29. The zero-order chi connectivity index (χ0) is 21.3. The number of thiazole rings is 1. The number of thioether (sulfide) groups is 1. The van der Waals surface area contributed by atoms with Crippen molar-refractivity contribution in [1.82, 2.24) is 10.3 Å². The Morgan fingerprint density at radius 1 is 1.37 bits per heavy atom. The maximum Gasteiger partial charge on any atom is 0.208 e. The largest absolute Gasteiger partial charge is 0.311 e. The van der Waals surface area contributed by atoms with Crippen molar-refractivity contribution in [3.63, 3.8) is 0 Å². The predicted molar refractivity (Wildman–Crippen MR) is 122 cm³/mol. The number of hydrogen-bond donors (Lipinski definition) is 1. The number of allylic oxidation sites excluding steroid dienone is 3. The van der Waals surface area contributed by atoms with Crippen LogP contribution in [-0.4, -0.2) is 21.4 Å². The minimum atomic E-state index is -0.692. The van der Waals surface area contributed by atoms with Gasteiger partial charge in [-0.05, 0) is 37.6 Å². The molecule has 1 aromatic heterocycles. The number of benzene rings is 1. The summed E-state index contributed by atoms with van der Waals surface area (Å²) in [7, 11) is 0. The van der Waals surface area contributed by atoms with E-state index in [1.165, 1.54) is 22.7 Å². The van der Waals surface area contributed by atoms with Gasteiger partial charge in [-0.25, -0.2) is 18.8 Å². The molecule has 2 aromatic rings. The van der Waals surface area contributed by atoms with Crippen LogP contribution in [0.25, 0.3) is 0 Å². The molecule has 0 fully saturated rings. The fourth-order valence-corrected chi connectivity index (χ4v) is 5.91. The maximum atomic E-state index is 14.5. The first-order valence-corrected chi connectivity index (χ1v) is 11.3. The Morgan fingerprint density at radius 3 is 2.93 bits per heavy atom. The third-order valence-corrected chi connectivity index (χ3v) is 7.37. The second kappa shape index (κ2) is 8.45. The topological polar surface area (TPSA) is 40.5 Å². The Labute approximate surface area is 183 Å². The summed E-state index contributed by atoms with van der Waals surface area (Å²) < 4.78 is 28.4. The van der Waals surface area contributed by atoms with Gasteiger partial charge in [0.15, 0.2) is 0 Å². The zero-order valence-electron chi connectivity index (χ0n) is 16.8. The van der Waals surface area contributed by atoms with Gasteiger partial charge in [-0.3, -0.25) is 0 Å². The van der Waals surface area contributed by atoms with Gasteiger partial charge >= 0.3 is 0 Å². The highest BCUT2D eigenvalue weighted by atomic mass is 32.2. The van der Waals surface area contributed by atoms with Gasteiger partial charge in [-0.2, -0.15) is 5.10 Å². The van der Waals surface area contributed by atoms with Gasteiger partial charge in [0.1, 0.15) is 21.5 Å². The van der Waals surface area contributed by atoms with Crippen molar-refractivity contribution in [2.45, 2.75) is 31.7 Å².